The van der Waals surface area contributed by atoms with Gasteiger partial charge in [-0.2, -0.15) is 0 Å². The quantitative estimate of drug-likeness (QED) is 0.707. The van der Waals surface area contributed by atoms with Crippen LogP contribution >= 0.6 is 0 Å². The van der Waals surface area contributed by atoms with Crippen molar-refractivity contribution in [2.75, 3.05) is 6.54 Å². The Balaban J connectivity index is 1.75. The Morgan fingerprint density at radius 2 is 2.12 bits per heavy atom. The molecule has 0 aromatic heterocycles. The highest BCUT2D eigenvalue weighted by Crippen LogP contribution is 2.33. The minimum Gasteiger partial charge on any atom is -0.366 e. The molecule has 0 unspecified atom stereocenters. The first-order valence-corrected chi connectivity index (χ1v) is 6.36. The molecule has 2 rings (SSSR count). The summed E-state index contributed by atoms with van der Waals surface area (Å²) in [5.41, 5.74) is 6.95. The number of carbonyl (C=O) groups is 1. The van der Waals surface area contributed by atoms with Gasteiger partial charge in [-0.25, -0.2) is 0 Å². The van der Waals surface area contributed by atoms with E-state index in [2.05, 4.69) is 5.32 Å². The molecular weight excluding hydrogens is 212 g/mol. The molecule has 1 aromatic rings. The molecule has 3 N–H and O–H groups in total. The van der Waals surface area contributed by atoms with Gasteiger partial charge in [-0.15, -0.1) is 0 Å². The van der Waals surface area contributed by atoms with Crippen molar-refractivity contribution in [3.05, 3.63) is 35.4 Å². The third-order valence-corrected chi connectivity index (χ3v) is 3.26. The first-order chi connectivity index (χ1) is 8.27. The molecule has 0 atom stereocenters. The highest BCUT2D eigenvalue weighted by atomic mass is 16.1. The normalized spacial score (nSPS) is 14.8. The molecule has 1 saturated carbocycles. The number of nitrogens with one attached hydrogen (secondary N) is 1. The van der Waals surface area contributed by atoms with Gasteiger partial charge in [0.05, 0.1) is 0 Å². The van der Waals surface area contributed by atoms with Crippen molar-refractivity contribution in [1.29, 1.82) is 0 Å². The standard InChI is InChI=1S/C14H20N2O/c15-14(17)13-6-2-1-5-12(13)10-16-9-3-4-11-7-8-11/h1-2,5-6,11,16H,3-4,7-10H2,(H2,15,17). The van der Waals surface area contributed by atoms with E-state index < -0.39 is 0 Å². The van der Waals surface area contributed by atoms with Gasteiger partial charge in [0.1, 0.15) is 0 Å². The van der Waals surface area contributed by atoms with E-state index in [1.165, 1.54) is 25.7 Å². The zero-order chi connectivity index (χ0) is 12.1. The molecule has 17 heavy (non-hydrogen) atoms. The Hall–Kier alpha value is -1.35. The van der Waals surface area contributed by atoms with Gasteiger partial charge in [0, 0.05) is 12.1 Å². The van der Waals surface area contributed by atoms with E-state index in [9.17, 15) is 4.79 Å². The molecular formula is C14H20N2O. The predicted octanol–water partition coefficient (Wildman–Crippen LogP) is 2.07. The van der Waals surface area contributed by atoms with Gasteiger partial charge in [-0.1, -0.05) is 31.0 Å². The molecule has 92 valence electrons. The van der Waals surface area contributed by atoms with E-state index in [1.54, 1.807) is 6.07 Å². The Labute approximate surface area is 102 Å². The number of amides is 1. The number of benzene rings is 1. The second-order valence-electron chi connectivity index (χ2n) is 4.78. The maximum Gasteiger partial charge on any atom is 0.249 e. The summed E-state index contributed by atoms with van der Waals surface area (Å²) in [6, 6.07) is 7.52. The lowest BCUT2D eigenvalue weighted by molar-refractivity contribution is 0.0999. The summed E-state index contributed by atoms with van der Waals surface area (Å²) in [5, 5.41) is 3.37. The average Bonchev–Trinajstić information content (AvgIpc) is 3.13. The largest absolute Gasteiger partial charge is 0.366 e. The SMILES string of the molecule is NC(=O)c1ccccc1CNCCCC1CC1. The summed E-state index contributed by atoms with van der Waals surface area (Å²) in [5.74, 6) is 0.648. The van der Waals surface area contributed by atoms with Crippen molar-refractivity contribution in [3.63, 3.8) is 0 Å². The molecule has 0 heterocycles. The van der Waals surface area contributed by atoms with Crippen molar-refractivity contribution in [1.82, 2.24) is 5.32 Å². The van der Waals surface area contributed by atoms with Gasteiger partial charge in [0.2, 0.25) is 5.91 Å². The minimum absolute atomic E-state index is 0.347. The molecule has 1 fully saturated rings. The summed E-state index contributed by atoms with van der Waals surface area (Å²) in [6.07, 6.45) is 5.41. The fourth-order valence-corrected chi connectivity index (χ4v) is 2.06. The fourth-order valence-electron chi connectivity index (χ4n) is 2.06. The first kappa shape index (κ1) is 12.1. The van der Waals surface area contributed by atoms with Crippen LogP contribution in [0.25, 0.3) is 0 Å². The van der Waals surface area contributed by atoms with Crippen LogP contribution in [-0.2, 0) is 6.54 Å². The first-order valence-electron chi connectivity index (χ1n) is 6.36. The lowest BCUT2D eigenvalue weighted by atomic mass is 10.1. The maximum absolute atomic E-state index is 11.2. The number of rotatable bonds is 7. The second-order valence-corrected chi connectivity index (χ2v) is 4.78. The van der Waals surface area contributed by atoms with Gasteiger partial charge in [-0.3, -0.25) is 4.79 Å². The maximum atomic E-state index is 11.2. The van der Waals surface area contributed by atoms with Crippen LogP contribution in [0.4, 0.5) is 0 Å². The van der Waals surface area contributed by atoms with Crippen LogP contribution in [0.1, 0.15) is 41.6 Å². The molecule has 3 nitrogen and oxygen atoms in total. The van der Waals surface area contributed by atoms with E-state index in [4.69, 9.17) is 5.73 Å². The average molecular weight is 232 g/mol. The Morgan fingerprint density at radius 3 is 2.82 bits per heavy atom. The molecule has 1 amide bonds. The van der Waals surface area contributed by atoms with Crippen LogP contribution in [0.2, 0.25) is 0 Å². The third-order valence-electron chi connectivity index (χ3n) is 3.26. The second kappa shape index (κ2) is 5.82. The van der Waals surface area contributed by atoms with Gasteiger partial charge in [0.15, 0.2) is 0 Å². The number of hydrogen-bond acceptors (Lipinski definition) is 2. The van der Waals surface area contributed by atoms with Crippen molar-refractivity contribution < 1.29 is 4.79 Å². The zero-order valence-electron chi connectivity index (χ0n) is 10.1. The Kier molecular flexibility index (Phi) is 4.15. The van der Waals surface area contributed by atoms with Crippen LogP contribution in [0.3, 0.4) is 0 Å². The van der Waals surface area contributed by atoms with E-state index >= 15 is 0 Å². The van der Waals surface area contributed by atoms with Crippen LogP contribution in [0.5, 0.6) is 0 Å². The molecule has 3 heteroatoms. The molecule has 0 saturated heterocycles. The van der Waals surface area contributed by atoms with E-state index in [0.29, 0.717) is 5.56 Å². The zero-order valence-corrected chi connectivity index (χ0v) is 10.1. The molecule has 1 aliphatic rings. The topological polar surface area (TPSA) is 55.1 Å². The molecule has 0 aliphatic heterocycles. The number of hydrogen-bond donors (Lipinski definition) is 2. The molecule has 1 aromatic carbocycles. The van der Waals surface area contributed by atoms with Gasteiger partial charge < -0.3 is 11.1 Å². The molecule has 0 spiro atoms. The highest BCUT2D eigenvalue weighted by molar-refractivity contribution is 5.94. The van der Waals surface area contributed by atoms with Gasteiger partial charge in [-0.05, 0) is 36.9 Å². The number of primary amides is 1. The van der Waals surface area contributed by atoms with Crippen molar-refractivity contribution in [2.24, 2.45) is 11.7 Å². The summed E-state index contributed by atoms with van der Waals surface area (Å²) in [6.45, 7) is 1.74. The smallest absolute Gasteiger partial charge is 0.249 e. The summed E-state index contributed by atoms with van der Waals surface area (Å²) >= 11 is 0. The lowest BCUT2D eigenvalue weighted by Gasteiger charge is -2.08. The Morgan fingerprint density at radius 1 is 1.35 bits per heavy atom. The van der Waals surface area contributed by atoms with Crippen molar-refractivity contribution in [2.45, 2.75) is 32.2 Å². The lowest BCUT2D eigenvalue weighted by Crippen LogP contribution is -2.19. The molecule has 0 radical (unpaired) electrons. The van der Waals surface area contributed by atoms with Crippen LogP contribution in [0, 0.1) is 5.92 Å². The Bertz CT molecular complexity index is 386. The van der Waals surface area contributed by atoms with Crippen molar-refractivity contribution >= 4 is 5.91 Å². The van der Waals surface area contributed by atoms with Crippen LogP contribution < -0.4 is 11.1 Å². The summed E-state index contributed by atoms with van der Waals surface area (Å²) in [4.78, 5) is 11.2. The number of nitrogens with two attached hydrogens (primary N) is 1. The van der Waals surface area contributed by atoms with Crippen LogP contribution in [-0.4, -0.2) is 12.5 Å². The van der Waals surface area contributed by atoms with E-state index in [-0.39, 0.29) is 5.91 Å². The minimum atomic E-state index is -0.347. The summed E-state index contributed by atoms with van der Waals surface area (Å²) in [7, 11) is 0. The van der Waals surface area contributed by atoms with Crippen LogP contribution in [0.15, 0.2) is 24.3 Å². The predicted molar refractivity (Wildman–Crippen MR) is 68.6 cm³/mol. The van der Waals surface area contributed by atoms with Crippen molar-refractivity contribution in [3.8, 4) is 0 Å². The monoisotopic (exact) mass is 232 g/mol. The van der Waals surface area contributed by atoms with E-state index in [0.717, 1.165) is 24.6 Å². The van der Waals surface area contributed by atoms with Gasteiger partial charge in [0.25, 0.3) is 0 Å². The van der Waals surface area contributed by atoms with E-state index in [1.807, 2.05) is 18.2 Å². The molecule has 1 aliphatic carbocycles. The highest BCUT2D eigenvalue weighted by Gasteiger charge is 2.19. The number of carbonyl (C=O) groups excluding carboxylic acids is 1. The third kappa shape index (κ3) is 3.86. The fraction of sp³-hybridized carbons (Fsp3) is 0.500. The molecule has 0 bridgehead atoms. The summed E-state index contributed by atoms with van der Waals surface area (Å²) < 4.78 is 0. The van der Waals surface area contributed by atoms with Gasteiger partial charge >= 0.3 is 0 Å².